The SMILES string of the molecule is CC(C)(OCCNCCCN)OCCNCCCN. The molecule has 0 unspecified atom stereocenters. The molecule has 6 heteroatoms. The minimum absolute atomic E-state index is 0.537. The molecular formula is C13H32N4O2. The molecule has 0 fully saturated rings. The van der Waals surface area contributed by atoms with Gasteiger partial charge in [0.25, 0.3) is 0 Å². The fourth-order valence-electron chi connectivity index (χ4n) is 1.48. The first kappa shape index (κ1) is 18.8. The third-order valence-electron chi connectivity index (χ3n) is 2.57. The maximum atomic E-state index is 5.67. The van der Waals surface area contributed by atoms with Gasteiger partial charge in [-0.05, 0) is 52.9 Å². The summed E-state index contributed by atoms with van der Waals surface area (Å²) in [6.45, 7) is 10.1. The smallest absolute Gasteiger partial charge is 0.162 e. The Morgan fingerprint density at radius 2 is 1.21 bits per heavy atom. The molecule has 0 aliphatic carbocycles. The Balaban J connectivity index is 3.36. The van der Waals surface area contributed by atoms with Crippen molar-refractivity contribution in [2.45, 2.75) is 32.5 Å². The summed E-state index contributed by atoms with van der Waals surface area (Å²) < 4.78 is 11.3. The van der Waals surface area contributed by atoms with Gasteiger partial charge in [0.05, 0.1) is 13.2 Å². The Morgan fingerprint density at radius 3 is 1.58 bits per heavy atom. The first-order chi connectivity index (χ1) is 9.12. The van der Waals surface area contributed by atoms with Crippen molar-refractivity contribution < 1.29 is 9.47 Å². The lowest BCUT2D eigenvalue weighted by atomic mass is 10.4. The van der Waals surface area contributed by atoms with Crippen LogP contribution in [0.1, 0.15) is 26.7 Å². The van der Waals surface area contributed by atoms with E-state index in [0.717, 1.165) is 52.1 Å². The minimum atomic E-state index is -0.537. The van der Waals surface area contributed by atoms with Crippen molar-refractivity contribution in [1.82, 2.24) is 10.6 Å². The molecule has 6 nitrogen and oxygen atoms in total. The summed E-state index contributed by atoms with van der Waals surface area (Å²) in [5.41, 5.74) is 10.8. The summed E-state index contributed by atoms with van der Waals surface area (Å²) in [6.07, 6.45) is 1.99. The first-order valence-electron chi connectivity index (χ1n) is 7.22. The third-order valence-corrected chi connectivity index (χ3v) is 2.57. The molecule has 0 saturated carbocycles. The fourth-order valence-corrected chi connectivity index (χ4v) is 1.48. The van der Waals surface area contributed by atoms with Gasteiger partial charge in [0.2, 0.25) is 0 Å². The van der Waals surface area contributed by atoms with E-state index in [1.54, 1.807) is 0 Å². The van der Waals surface area contributed by atoms with E-state index in [0.29, 0.717) is 13.2 Å². The second-order valence-corrected chi connectivity index (χ2v) is 4.88. The van der Waals surface area contributed by atoms with Crippen molar-refractivity contribution in [3.8, 4) is 0 Å². The van der Waals surface area contributed by atoms with Gasteiger partial charge in [-0.3, -0.25) is 0 Å². The molecule has 0 saturated heterocycles. The van der Waals surface area contributed by atoms with Gasteiger partial charge < -0.3 is 31.6 Å². The largest absolute Gasteiger partial charge is 0.349 e. The summed E-state index contributed by atoms with van der Waals surface area (Å²) in [6, 6.07) is 0. The van der Waals surface area contributed by atoms with Gasteiger partial charge in [-0.25, -0.2) is 0 Å². The number of hydrogen-bond donors (Lipinski definition) is 4. The van der Waals surface area contributed by atoms with Crippen LogP contribution >= 0.6 is 0 Å². The molecule has 0 heterocycles. The molecule has 0 atom stereocenters. The summed E-state index contributed by atoms with van der Waals surface area (Å²) in [5, 5.41) is 6.53. The van der Waals surface area contributed by atoms with E-state index < -0.39 is 5.79 Å². The molecule has 0 bridgehead atoms. The maximum Gasteiger partial charge on any atom is 0.162 e. The molecule has 0 aromatic heterocycles. The predicted molar refractivity (Wildman–Crippen MR) is 79.1 cm³/mol. The highest BCUT2D eigenvalue weighted by Gasteiger charge is 2.17. The van der Waals surface area contributed by atoms with E-state index in [1.165, 1.54) is 0 Å². The molecule has 0 aliphatic rings. The fraction of sp³-hybridized carbons (Fsp3) is 1.00. The molecule has 0 radical (unpaired) electrons. The number of nitrogens with two attached hydrogens (primary N) is 2. The van der Waals surface area contributed by atoms with Crippen LogP contribution in [0.25, 0.3) is 0 Å². The van der Waals surface area contributed by atoms with E-state index in [-0.39, 0.29) is 0 Å². The van der Waals surface area contributed by atoms with E-state index >= 15 is 0 Å². The first-order valence-corrected chi connectivity index (χ1v) is 7.22. The molecule has 0 rings (SSSR count). The van der Waals surface area contributed by atoms with E-state index in [1.807, 2.05) is 13.8 Å². The quantitative estimate of drug-likeness (QED) is 0.255. The van der Waals surface area contributed by atoms with Crippen molar-refractivity contribution in [3.63, 3.8) is 0 Å². The Labute approximate surface area is 117 Å². The molecule has 0 aromatic carbocycles. The second kappa shape index (κ2) is 12.8. The summed E-state index contributed by atoms with van der Waals surface area (Å²) in [4.78, 5) is 0. The highest BCUT2D eigenvalue weighted by Crippen LogP contribution is 2.09. The number of hydrogen-bond acceptors (Lipinski definition) is 6. The molecule has 0 amide bonds. The van der Waals surface area contributed by atoms with Crippen LogP contribution in [0.2, 0.25) is 0 Å². The molecule has 0 aromatic rings. The zero-order valence-corrected chi connectivity index (χ0v) is 12.5. The predicted octanol–water partition coefficient (Wildman–Crippen LogP) is -0.367. The highest BCUT2D eigenvalue weighted by atomic mass is 16.7. The number of rotatable bonds is 14. The monoisotopic (exact) mass is 276 g/mol. The van der Waals surface area contributed by atoms with Crippen LogP contribution in [0, 0.1) is 0 Å². The summed E-state index contributed by atoms with van der Waals surface area (Å²) in [7, 11) is 0. The van der Waals surface area contributed by atoms with Gasteiger partial charge in [0, 0.05) is 13.1 Å². The zero-order valence-electron chi connectivity index (χ0n) is 12.5. The van der Waals surface area contributed by atoms with Crippen LogP contribution in [0.4, 0.5) is 0 Å². The van der Waals surface area contributed by atoms with Crippen LogP contribution in [0.15, 0.2) is 0 Å². The summed E-state index contributed by atoms with van der Waals surface area (Å²) >= 11 is 0. The lowest BCUT2D eigenvalue weighted by molar-refractivity contribution is -0.211. The standard InChI is InChI=1S/C13H32N4O2/c1-13(2,18-11-9-16-7-3-5-14)19-12-10-17-8-4-6-15/h16-17H,3-12,14-15H2,1-2H3. The van der Waals surface area contributed by atoms with Crippen LogP contribution in [0.5, 0.6) is 0 Å². The van der Waals surface area contributed by atoms with E-state index in [4.69, 9.17) is 20.9 Å². The molecular weight excluding hydrogens is 244 g/mol. The topological polar surface area (TPSA) is 94.6 Å². The van der Waals surface area contributed by atoms with Crippen molar-refractivity contribution in [2.75, 3.05) is 52.5 Å². The summed E-state index contributed by atoms with van der Waals surface area (Å²) in [5.74, 6) is -0.537. The van der Waals surface area contributed by atoms with Crippen molar-refractivity contribution in [2.24, 2.45) is 11.5 Å². The lowest BCUT2D eigenvalue weighted by Gasteiger charge is -2.26. The highest BCUT2D eigenvalue weighted by molar-refractivity contribution is 4.57. The van der Waals surface area contributed by atoms with Gasteiger partial charge in [-0.2, -0.15) is 0 Å². The normalized spacial score (nSPS) is 12.0. The van der Waals surface area contributed by atoms with Gasteiger partial charge in [-0.1, -0.05) is 0 Å². The molecule has 6 N–H and O–H groups in total. The van der Waals surface area contributed by atoms with E-state index in [2.05, 4.69) is 10.6 Å². The Bertz CT molecular complexity index is 173. The number of ether oxygens (including phenoxy) is 2. The molecule has 0 spiro atoms. The van der Waals surface area contributed by atoms with Crippen molar-refractivity contribution in [3.05, 3.63) is 0 Å². The zero-order chi connectivity index (χ0) is 14.4. The lowest BCUT2D eigenvalue weighted by Crippen LogP contribution is -2.35. The van der Waals surface area contributed by atoms with Crippen molar-refractivity contribution in [1.29, 1.82) is 0 Å². The Hall–Kier alpha value is -0.240. The van der Waals surface area contributed by atoms with Gasteiger partial charge in [0.15, 0.2) is 5.79 Å². The van der Waals surface area contributed by atoms with Crippen LogP contribution in [0.3, 0.4) is 0 Å². The Morgan fingerprint density at radius 1 is 0.789 bits per heavy atom. The molecule has 19 heavy (non-hydrogen) atoms. The second-order valence-electron chi connectivity index (χ2n) is 4.88. The average Bonchev–Trinajstić information content (AvgIpc) is 2.38. The van der Waals surface area contributed by atoms with Crippen LogP contribution in [-0.2, 0) is 9.47 Å². The number of nitrogens with one attached hydrogen (secondary N) is 2. The maximum absolute atomic E-state index is 5.67. The van der Waals surface area contributed by atoms with E-state index in [9.17, 15) is 0 Å². The van der Waals surface area contributed by atoms with Gasteiger partial charge >= 0.3 is 0 Å². The van der Waals surface area contributed by atoms with Gasteiger partial charge in [-0.15, -0.1) is 0 Å². The van der Waals surface area contributed by atoms with Gasteiger partial charge in [0.1, 0.15) is 0 Å². The van der Waals surface area contributed by atoms with Crippen LogP contribution < -0.4 is 22.1 Å². The van der Waals surface area contributed by atoms with Crippen molar-refractivity contribution >= 4 is 0 Å². The minimum Gasteiger partial charge on any atom is -0.349 e. The molecule has 116 valence electrons. The Kier molecular flexibility index (Phi) is 12.6. The average molecular weight is 276 g/mol. The third kappa shape index (κ3) is 14.0. The van der Waals surface area contributed by atoms with Crippen LogP contribution in [-0.4, -0.2) is 58.3 Å². The molecule has 0 aliphatic heterocycles.